The summed E-state index contributed by atoms with van der Waals surface area (Å²) in [6, 6.07) is 14.5. The Morgan fingerprint density at radius 2 is 1.81 bits per heavy atom. The monoisotopic (exact) mass is 456 g/mol. The van der Waals surface area contributed by atoms with Gasteiger partial charge in [0, 0.05) is 34.4 Å². The summed E-state index contributed by atoms with van der Waals surface area (Å²) in [6.45, 7) is 3.76. The van der Waals surface area contributed by atoms with Crippen LogP contribution in [0.5, 0.6) is 0 Å². The lowest BCUT2D eigenvalue weighted by atomic mass is 10.0. The Balaban J connectivity index is 1.81. The first-order valence-corrected chi connectivity index (χ1v) is 12.0. The molecular weight excluding hydrogens is 435 g/mol. The fourth-order valence-corrected chi connectivity index (χ4v) is 5.88. The zero-order valence-corrected chi connectivity index (χ0v) is 18.7. The van der Waals surface area contributed by atoms with Crippen molar-refractivity contribution in [1.82, 2.24) is 9.29 Å². The normalized spacial score (nSPS) is 12.0. The Hall–Kier alpha value is -2.81. The Labute approximate surface area is 183 Å². The van der Waals surface area contributed by atoms with Crippen LogP contribution >= 0.6 is 11.3 Å². The third-order valence-corrected chi connectivity index (χ3v) is 7.79. The second kappa shape index (κ2) is 8.37. The molecule has 0 unspecified atom stereocenters. The van der Waals surface area contributed by atoms with Crippen molar-refractivity contribution >= 4 is 32.3 Å². The maximum Gasteiger partial charge on any atom is 0.252 e. The van der Waals surface area contributed by atoms with Gasteiger partial charge >= 0.3 is 0 Å². The maximum absolute atomic E-state index is 14.4. The van der Waals surface area contributed by atoms with Crippen molar-refractivity contribution in [2.75, 3.05) is 0 Å². The van der Waals surface area contributed by atoms with Crippen molar-refractivity contribution in [3.63, 3.8) is 0 Å². The number of hydrogen-bond acceptors (Lipinski definition) is 4. The van der Waals surface area contributed by atoms with Crippen molar-refractivity contribution in [2.24, 2.45) is 0 Å². The summed E-state index contributed by atoms with van der Waals surface area (Å²) in [5.41, 5.74) is 2.64. The van der Waals surface area contributed by atoms with E-state index in [4.69, 9.17) is 0 Å². The van der Waals surface area contributed by atoms with Crippen LogP contribution in [0.15, 0.2) is 69.7 Å². The van der Waals surface area contributed by atoms with E-state index in [0.29, 0.717) is 11.1 Å². The van der Waals surface area contributed by atoms with E-state index < -0.39 is 20.7 Å². The standard InChI is InChI=1S/C23H21FN2O3S2/c1-15-10-16(2)19-12-17(23(27)25-21(19)11-15)13-26(14-18-6-5-9-30-18)31(28,29)22-8-4-3-7-20(22)24/h3-12H,13-14H2,1-2H3,(H,25,27). The van der Waals surface area contributed by atoms with E-state index in [1.807, 2.05) is 43.5 Å². The topological polar surface area (TPSA) is 70.2 Å². The average Bonchev–Trinajstić information content (AvgIpc) is 3.21. The number of aromatic nitrogens is 1. The average molecular weight is 457 g/mol. The SMILES string of the molecule is Cc1cc(C)c2cc(CN(Cc3cccs3)S(=O)(=O)c3ccccc3F)c(=O)[nH]c2c1. The molecule has 0 aliphatic carbocycles. The van der Waals surface area contributed by atoms with Crippen LogP contribution in [0.2, 0.25) is 0 Å². The van der Waals surface area contributed by atoms with Crippen LogP contribution < -0.4 is 5.56 Å². The predicted octanol–water partition coefficient (Wildman–Crippen LogP) is 4.74. The minimum atomic E-state index is -4.18. The van der Waals surface area contributed by atoms with Gasteiger partial charge in [-0.05, 0) is 60.7 Å². The highest BCUT2D eigenvalue weighted by Crippen LogP contribution is 2.25. The van der Waals surface area contributed by atoms with E-state index in [-0.39, 0.29) is 18.6 Å². The van der Waals surface area contributed by atoms with Crippen LogP contribution in [-0.2, 0) is 23.1 Å². The minimum Gasteiger partial charge on any atom is -0.322 e. The fraction of sp³-hybridized carbons (Fsp3) is 0.174. The number of hydrogen-bond donors (Lipinski definition) is 1. The lowest BCUT2D eigenvalue weighted by Gasteiger charge is -2.22. The number of thiophene rings is 1. The number of nitrogens with one attached hydrogen (secondary N) is 1. The van der Waals surface area contributed by atoms with Crippen LogP contribution in [0.3, 0.4) is 0 Å². The van der Waals surface area contributed by atoms with Crippen molar-refractivity contribution in [1.29, 1.82) is 0 Å². The second-order valence-corrected chi connectivity index (χ2v) is 10.4. The number of nitrogens with zero attached hydrogens (tertiary/aromatic N) is 1. The molecule has 0 saturated heterocycles. The van der Waals surface area contributed by atoms with Gasteiger partial charge in [-0.1, -0.05) is 24.3 Å². The Morgan fingerprint density at radius 1 is 1.03 bits per heavy atom. The molecule has 0 amide bonds. The van der Waals surface area contributed by atoms with Gasteiger partial charge in [0.2, 0.25) is 10.0 Å². The molecule has 5 nitrogen and oxygen atoms in total. The molecular formula is C23H21FN2O3S2. The van der Waals surface area contributed by atoms with Gasteiger partial charge in [0.15, 0.2) is 0 Å². The molecule has 0 radical (unpaired) electrons. The van der Waals surface area contributed by atoms with Gasteiger partial charge in [-0.15, -0.1) is 11.3 Å². The molecule has 1 N–H and O–H groups in total. The number of fused-ring (bicyclic) bond motifs is 1. The summed E-state index contributed by atoms with van der Waals surface area (Å²) in [4.78, 5) is 16.0. The Bertz CT molecular complexity index is 1410. The van der Waals surface area contributed by atoms with Crippen LogP contribution in [0, 0.1) is 19.7 Å². The molecule has 2 aromatic heterocycles. The summed E-state index contributed by atoms with van der Waals surface area (Å²) >= 11 is 1.40. The summed E-state index contributed by atoms with van der Waals surface area (Å²) < 4.78 is 42.2. The highest BCUT2D eigenvalue weighted by atomic mass is 32.2. The molecule has 0 aliphatic heterocycles. The number of aromatic amines is 1. The van der Waals surface area contributed by atoms with E-state index in [1.54, 1.807) is 6.07 Å². The van der Waals surface area contributed by atoms with E-state index >= 15 is 0 Å². The van der Waals surface area contributed by atoms with Crippen molar-refractivity contribution in [2.45, 2.75) is 31.8 Å². The van der Waals surface area contributed by atoms with Crippen molar-refractivity contribution < 1.29 is 12.8 Å². The Kier molecular flexibility index (Phi) is 5.79. The molecule has 4 aromatic rings. The van der Waals surface area contributed by atoms with E-state index in [1.165, 1.54) is 29.5 Å². The highest BCUT2D eigenvalue weighted by molar-refractivity contribution is 7.89. The number of H-pyrrole nitrogens is 1. The number of aryl methyl sites for hydroxylation is 2. The van der Waals surface area contributed by atoms with Gasteiger partial charge in [0.1, 0.15) is 10.7 Å². The van der Waals surface area contributed by atoms with E-state index in [9.17, 15) is 17.6 Å². The van der Waals surface area contributed by atoms with Gasteiger partial charge in [0.25, 0.3) is 5.56 Å². The molecule has 0 saturated carbocycles. The molecule has 2 heterocycles. The van der Waals surface area contributed by atoms with Crippen LogP contribution in [0.4, 0.5) is 4.39 Å². The molecule has 0 aliphatic rings. The maximum atomic E-state index is 14.4. The van der Waals surface area contributed by atoms with Crippen molar-refractivity contribution in [3.05, 3.63) is 97.7 Å². The minimum absolute atomic E-state index is 0.0404. The molecule has 0 bridgehead atoms. The molecule has 160 valence electrons. The van der Waals surface area contributed by atoms with Gasteiger partial charge in [-0.25, -0.2) is 12.8 Å². The van der Waals surface area contributed by atoms with Gasteiger partial charge in [-0.2, -0.15) is 4.31 Å². The summed E-state index contributed by atoms with van der Waals surface area (Å²) in [5.74, 6) is -0.822. The molecule has 0 fully saturated rings. The lowest BCUT2D eigenvalue weighted by molar-refractivity contribution is 0.399. The van der Waals surface area contributed by atoms with E-state index in [0.717, 1.165) is 31.8 Å². The summed E-state index contributed by atoms with van der Waals surface area (Å²) in [6.07, 6.45) is 0. The van der Waals surface area contributed by atoms with Crippen molar-refractivity contribution in [3.8, 4) is 0 Å². The largest absolute Gasteiger partial charge is 0.322 e. The van der Waals surface area contributed by atoms with Crippen LogP contribution in [0.25, 0.3) is 10.9 Å². The highest BCUT2D eigenvalue weighted by Gasteiger charge is 2.28. The first-order valence-electron chi connectivity index (χ1n) is 9.66. The van der Waals surface area contributed by atoms with Crippen LogP contribution in [0.1, 0.15) is 21.6 Å². The number of sulfonamides is 1. The first-order chi connectivity index (χ1) is 14.8. The third-order valence-electron chi connectivity index (χ3n) is 5.10. The fourth-order valence-electron chi connectivity index (χ4n) is 3.62. The quantitative estimate of drug-likeness (QED) is 0.456. The molecule has 0 spiro atoms. The number of rotatable bonds is 6. The Morgan fingerprint density at radius 3 is 2.52 bits per heavy atom. The lowest BCUT2D eigenvalue weighted by Crippen LogP contribution is -2.32. The zero-order chi connectivity index (χ0) is 22.2. The molecule has 4 rings (SSSR count). The summed E-state index contributed by atoms with van der Waals surface area (Å²) in [5, 5.41) is 2.69. The molecule has 31 heavy (non-hydrogen) atoms. The predicted molar refractivity (Wildman–Crippen MR) is 121 cm³/mol. The third kappa shape index (κ3) is 4.32. The summed E-state index contributed by atoms with van der Waals surface area (Å²) in [7, 11) is -4.18. The smallest absolute Gasteiger partial charge is 0.252 e. The molecule has 2 aromatic carbocycles. The first kappa shape index (κ1) is 21.4. The van der Waals surface area contributed by atoms with Gasteiger partial charge < -0.3 is 4.98 Å². The number of benzene rings is 2. The van der Waals surface area contributed by atoms with E-state index in [2.05, 4.69) is 4.98 Å². The van der Waals surface area contributed by atoms with Gasteiger partial charge in [0.05, 0.1) is 0 Å². The zero-order valence-electron chi connectivity index (χ0n) is 17.1. The van der Waals surface area contributed by atoms with Gasteiger partial charge in [-0.3, -0.25) is 4.79 Å². The second-order valence-electron chi connectivity index (χ2n) is 7.45. The molecule has 8 heteroatoms. The van der Waals surface area contributed by atoms with Crippen LogP contribution in [-0.4, -0.2) is 17.7 Å². The number of halogens is 1. The molecule has 0 atom stereocenters. The number of pyridine rings is 1.